The smallest absolute Gasteiger partial charge is 0.123 e. The Kier molecular flexibility index (Phi) is 4.39. The lowest BCUT2D eigenvalue weighted by atomic mass is 9.85. The topological polar surface area (TPSA) is 9.23 Å². The van der Waals surface area contributed by atoms with Gasteiger partial charge in [0.15, 0.2) is 0 Å². The molecular weight excluding hydrogens is 268 g/mol. The quantitative estimate of drug-likeness (QED) is 0.722. The maximum Gasteiger partial charge on any atom is 0.123 e. The summed E-state index contributed by atoms with van der Waals surface area (Å²) in [4.78, 5) is 0. The van der Waals surface area contributed by atoms with E-state index in [-0.39, 0.29) is 5.41 Å². The first-order chi connectivity index (χ1) is 9.38. The van der Waals surface area contributed by atoms with Gasteiger partial charge in [-0.1, -0.05) is 68.3 Å². The second-order valence-corrected chi connectivity index (χ2v) is 6.54. The van der Waals surface area contributed by atoms with E-state index in [4.69, 9.17) is 16.3 Å². The zero-order chi connectivity index (χ0) is 14.8. The molecule has 0 fully saturated rings. The molecule has 0 aromatic heterocycles. The van der Waals surface area contributed by atoms with E-state index in [1.165, 1.54) is 11.1 Å². The van der Waals surface area contributed by atoms with Crippen molar-refractivity contribution >= 4 is 11.6 Å². The molecule has 0 spiro atoms. The molecular formula is C18H21ClO. The average Bonchev–Trinajstić information content (AvgIpc) is 2.38. The van der Waals surface area contributed by atoms with Crippen molar-refractivity contribution in [3.8, 4) is 5.75 Å². The second-order valence-electron chi connectivity index (χ2n) is 6.13. The lowest BCUT2D eigenvalue weighted by Gasteiger charge is -2.23. The molecule has 0 heterocycles. The summed E-state index contributed by atoms with van der Waals surface area (Å²) in [5.74, 6) is 0.933. The van der Waals surface area contributed by atoms with Gasteiger partial charge in [0.2, 0.25) is 0 Å². The highest BCUT2D eigenvalue weighted by atomic mass is 35.5. The predicted octanol–water partition coefficient (Wildman–Crippen LogP) is 5.52. The van der Waals surface area contributed by atoms with Gasteiger partial charge in [-0.05, 0) is 30.0 Å². The van der Waals surface area contributed by atoms with Crippen molar-refractivity contribution in [3.63, 3.8) is 0 Å². The molecule has 0 atom stereocenters. The molecule has 0 saturated carbocycles. The lowest BCUT2D eigenvalue weighted by molar-refractivity contribution is 0.297. The van der Waals surface area contributed by atoms with Gasteiger partial charge in [-0.3, -0.25) is 0 Å². The van der Waals surface area contributed by atoms with Crippen molar-refractivity contribution < 1.29 is 4.74 Å². The van der Waals surface area contributed by atoms with E-state index in [9.17, 15) is 0 Å². The standard InChI is InChI=1S/C18H21ClO/c1-13-9-10-17(15(11-13)18(2,3)4)20-12-14-7-5-6-8-16(14)19/h5-11H,12H2,1-4H3. The highest BCUT2D eigenvalue weighted by molar-refractivity contribution is 6.31. The first-order valence-electron chi connectivity index (χ1n) is 6.85. The van der Waals surface area contributed by atoms with E-state index in [1.807, 2.05) is 30.3 Å². The Hall–Kier alpha value is -1.47. The third-order valence-electron chi connectivity index (χ3n) is 3.28. The van der Waals surface area contributed by atoms with Crippen LogP contribution in [0, 0.1) is 6.92 Å². The molecule has 0 N–H and O–H groups in total. The van der Waals surface area contributed by atoms with Gasteiger partial charge < -0.3 is 4.74 Å². The Morgan fingerprint density at radius 2 is 1.75 bits per heavy atom. The van der Waals surface area contributed by atoms with E-state index in [1.54, 1.807) is 0 Å². The third kappa shape index (κ3) is 3.55. The molecule has 0 aliphatic carbocycles. The fraction of sp³-hybridized carbons (Fsp3) is 0.333. The average molecular weight is 289 g/mol. The minimum atomic E-state index is 0.0574. The van der Waals surface area contributed by atoms with Crippen LogP contribution in [0.2, 0.25) is 5.02 Å². The van der Waals surface area contributed by atoms with Gasteiger partial charge in [0.05, 0.1) is 0 Å². The first-order valence-corrected chi connectivity index (χ1v) is 7.23. The Bertz CT molecular complexity index is 597. The zero-order valence-electron chi connectivity index (χ0n) is 12.5. The summed E-state index contributed by atoms with van der Waals surface area (Å²) in [7, 11) is 0. The number of hydrogen-bond acceptors (Lipinski definition) is 1. The predicted molar refractivity (Wildman–Crippen MR) is 85.7 cm³/mol. The van der Waals surface area contributed by atoms with Crippen molar-refractivity contribution in [2.24, 2.45) is 0 Å². The Labute approximate surface area is 126 Å². The van der Waals surface area contributed by atoms with Crippen LogP contribution in [-0.4, -0.2) is 0 Å². The zero-order valence-corrected chi connectivity index (χ0v) is 13.3. The van der Waals surface area contributed by atoms with E-state index < -0.39 is 0 Å². The summed E-state index contributed by atoms with van der Waals surface area (Å²) in [6.07, 6.45) is 0. The molecule has 0 unspecified atom stereocenters. The van der Waals surface area contributed by atoms with Gasteiger partial charge in [0.25, 0.3) is 0 Å². The first kappa shape index (κ1) is 14.9. The van der Waals surface area contributed by atoms with Gasteiger partial charge in [-0.25, -0.2) is 0 Å². The number of hydrogen-bond donors (Lipinski definition) is 0. The highest BCUT2D eigenvalue weighted by Gasteiger charge is 2.19. The molecule has 2 aromatic carbocycles. The summed E-state index contributed by atoms with van der Waals surface area (Å²) in [6.45, 7) is 9.19. The molecule has 2 rings (SSSR count). The van der Waals surface area contributed by atoms with Crippen LogP contribution >= 0.6 is 11.6 Å². The highest BCUT2D eigenvalue weighted by Crippen LogP contribution is 2.32. The molecule has 2 heteroatoms. The molecule has 1 nitrogen and oxygen atoms in total. The summed E-state index contributed by atoms with van der Waals surface area (Å²) in [5.41, 5.74) is 3.54. The minimum absolute atomic E-state index is 0.0574. The molecule has 106 valence electrons. The van der Waals surface area contributed by atoms with Crippen LogP contribution in [-0.2, 0) is 12.0 Å². The molecule has 0 radical (unpaired) electrons. The van der Waals surface area contributed by atoms with Gasteiger partial charge in [-0.2, -0.15) is 0 Å². The van der Waals surface area contributed by atoms with Crippen LogP contribution in [0.5, 0.6) is 5.75 Å². The van der Waals surface area contributed by atoms with Crippen LogP contribution in [0.4, 0.5) is 0 Å². The number of benzene rings is 2. The molecule has 0 amide bonds. The van der Waals surface area contributed by atoms with Gasteiger partial charge in [-0.15, -0.1) is 0 Å². The summed E-state index contributed by atoms with van der Waals surface area (Å²) in [6, 6.07) is 14.1. The van der Waals surface area contributed by atoms with Crippen molar-refractivity contribution in [1.82, 2.24) is 0 Å². The van der Waals surface area contributed by atoms with Crippen molar-refractivity contribution in [2.45, 2.75) is 39.7 Å². The van der Waals surface area contributed by atoms with E-state index in [0.717, 1.165) is 16.3 Å². The van der Waals surface area contributed by atoms with Crippen LogP contribution in [0.25, 0.3) is 0 Å². The van der Waals surface area contributed by atoms with Crippen molar-refractivity contribution in [1.29, 1.82) is 0 Å². The largest absolute Gasteiger partial charge is 0.489 e. The van der Waals surface area contributed by atoms with Crippen LogP contribution in [0.1, 0.15) is 37.5 Å². The van der Waals surface area contributed by atoms with Crippen LogP contribution in [0.3, 0.4) is 0 Å². The normalized spacial score (nSPS) is 11.4. The lowest BCUT2D eigenvalue weighted by Crippen LogP contribution is -2.13. The van der Waals surface area contributed by atoms with Gasteiger partial charge in [0.1, 0.15) is 12.4 Å². The Morgan fingerprint density at radius 3 is 2.40 bits per heavy atom. The number of rotatable bonds is 3. The van der Waals surface area contributed by atoms with Crippen LogP contribution < -0.4 is 4.74 Å². The maximum atomic E-state index is 6.17. The maximum absolute atomic E-state index is 6.17. The Morgan fingerprint density at radius 1 is 1.05 bits per heavy atom. The summed E-state index contributed by atoms with van der Waals surface area (Å²) < 4.78 is 6.00. The summed E-state index contributed by atoms with van der Waals surface area (Å²) >= 11 is 6.17. The third-order valence-corrected chi connectivity index (χ3v) is 3.65. The molecule has 0 bridgehead atoms. The molecule has 0 aliphatic heterocycles. The number of ether oxygens (including phenoxy) is 1. The molecule has 0 saturated heterocycles. The fourth-order valence-electron chi connectivity index (χ4n) is 2.13. The van der Waals surface area contributed by atoms with Crippen LogP contribution in [0.15, 0.2) is 42.5 Å². The fourth-order valence-corrected chi connectivity index (χ4v) is 2.32. The van der Waals surface area contributed by atoms with E-state index in [0.29, 0.717) is 6.61 Å². The van der Waals surface area contributed by atoms with Crippen molar-refractivity contribution in [2.75, 3.05) is 0 Å². The van der Waals surface area contributed by atoms with Crippen molar-refractivity contribution in [3.05, 3.63) is 64.2 Å². The van der Waals surface area contributed by atoms with Gasteiger partial charge >= 0.3 is 0 Å². The SMILES string of the molecule is Cc1ccc(OCc2ccccc2Cl)c(C(C)(C)C)c1. The van der Waals surface area contributed by atoms with E-state index in [2.05, 4.69) is 39.8 Å². The molecule has 0 aliphatic rings. The monoisotopic (exact) mass is 288 g/mol. The number of halogens is 1. The second kappa shape index (κ2) is 5.88. The van der Waals surface area contributed by atoms with Gasteiger partial charge in [0, 0.05) is 10.6 Å². The number of aryl methyl sites for hydroxylation is 1. The minimum Gasteiger partial charge on any atom is -0.489 e. The summed E-state index contributed by atoms with van der Waals surface area (Å²) in [5, 5.41) is 0.747. The molecule has 2 aromatic rings. The molecule has 20 heavy (non-hydrogen) atoms. The van der Waals surface area contributed by atoms with E-state index >= 15 is 0 Å². The Balaban J connectivity index is 2.24.